The molecule has 3 aliphatic rings. The number of ether oxygens (including phenoxy) is 4. The first-order valence-corrected chi connectivity index (χ1v) is 11.9. The zero-order valence-electron chi connectivity index (χ0n) is 19.5. The Balaban J connectivity index is 1.37. The third-order valence-electron chi connectivity index (χ3n) is 7.05. The first-order chi connectivity index (χ1) is 16.8. The maximum absolute atomic E-state index is 13.9. The minimum atomic E-state index is -4.41. The minimum Gasteiger partial charge on any atom is -0.492 e. The Labute approximate surface area is 201 Å². The van der Waals surface area contributed by atoms with Crippen LogP contribution < -0.4 is 9.47 Å². The molecule has 0 bridgehead atoms. The molecule has 0 N–H and O–H groups in total. The molecule has 2 heterocycles. The standard InChI is InChI=1S/C26H28F3NO5/c1-32-25(31)12-16-15-34-24-13-17(2-3-18(16)24)35-23-7-5-19-20(23)4-6-22(26(27,28)29)21(19)14-30-8-10-33-11-9-30/h2-4,6,13,16,23H,5,7-12,14-15H2,1H3/t16-,23?/m0/s1. The van der Waals surface area contributed by atoms with Crippen molar-refractivity contribution < 1.29 is 36.9 Å². The van der Waals surface area contributed by atoms with E-state index in [1.807, 2.05) is 17.0 Å². The Morgan fingerprint density at radius 1 is 1.14 bits per heavy atom. The normalized spacial score (nSPS) is 21.8. The number of benzene rings is 2. The smallest absolute Gasteiger partial charge is 0.416 e. The topological polar surface area (TPSA) is 57.2 Å². The summed E-state index contributed by atoms with van der Waals surface area (Å²) in [6.45, 7) is 2.94. The summed E-state index contributed by atoms with van der Waals surface area (Å²) in [5.41, 5.74) is 2.27. The average molecular weight is 492 g/mol. The first-order valence-electron chi connectivity index (χ1n) is 11.9. The molecule has 0 spiro atoms. The molecule has 1 unspecified atom stereocenters. The second-order valence-electron chi connectivity index (χ2n) is 9.18. The summed E-state index contributed by atoms with van der Waals surface area (Å²) in [5.74, 6) is 0.896. The van der Waals surface area contributed by atoms with Crippen LogP contribution in [0.1, 0.15) is 52.7 Å². The fraction of sp³-hybridized carbons (Fsp3) is 0.500. The van der Waals surface area contributed by atoms with Crippen LogP contribution in [0.25, 0.3) is 0 Å². The average Bonchev–Trinajstić information content (AvgIpc) is 3.43. The van der Waals surface area contributed by atoms with Crippen molar-refractivity contribution in [2.75, 3.05) is 40.0 Å². The van der Waals surface area contributed by atoms with E-state index in [2.05, 4.69) is 0 Å². The number of esters is 1. The van der Waals surface area contributed by atoms with Gasteiger partial charge in [-0.15, -0.1) is 0 Å². The molecule has 2 aliphatic heterocycles. The molecule has 2 aromatic carbocycles. The number of morpholine rings is 1. The molecule has 188 valence electrons. The van der Waals surface area contributed by atoms with Crippen molar-refractivity contribution in [2.45, 2.75) is 44.0 Å². The van der Waals surface area contributed by atoms with Gasteiger partial charge in [0.15, 0.2) is 0 Å². The van der Waals surface area contributed by atoms with Crippen LogP contribution in [0.3, 0.4) is 0 Å². The van der Waals surface area contributed by atoms with Gasteiger partial charge in [0.05, 0.1) is 38.9 Å². The number of hydrogen-bond acceptors (Lipinski definition) is 6. The van der Waals surface area contributed by atoms with Gasteiger partial charge in [0, 0.05) is 37.2 Å². The summed E-state index contributed by atoms with van der Waals surface area (Å²) >= 11 is 0. The van der Waals surface area contributed by atoms with Crippen LogP contribution in [0.5, 0.6) is 11.5 Å². The Morgan fingerprint density at radius 2 is 1.91 bits per heavy atom. The maximum Gasteiger partial charge on any atom is 0.416 e. The van der Waals surface area contributed by atoms with Crippen molar-refractivity contribution in [3.8, 4) is 11.5 Å². The van der Waals surface area contributed by atoms with Crippen molar-refractivity contribution in [1.82, 2.24) is 4.90 Å². The van der Waals surface area contributed by atoms with Gasteiger partial charge in [-0.1, -0.05) is 12.1 Å². The molecule has 0 amide bonds. The molecule has 0 aromatic heterocycles. The number of carbonyl (C=O) groups is 1. The van der Waals surface area contributed by atoms with Gasteiger partial charge in [0.25, 0.3) is 0 Å². The molecule has 9 heteroatoms. The quantitative estimate of drug-likeness (QED) is 0.549. The van der Waals surface area contributed by atoms with Crippen LogP contribution in [0, 0.1) is 0 Å². The number of rotatable bonds is 6. The molecular weight excluding hydrogens is 463 g/mol. The number of carbonyl (C=O) groups excluding carboxylic acids is 1. The van der Waals surface area contributed by atoms with Crippen LogP contribution in [0.2, 0.25) is 0 Å². The largest absolute Gasteiger partial charge is 0.492 e. The Morgan fingerprint density at radius 3 is 2.66 bits per heavy atom. The van der Waals surface area contributed by atoms with E-state index in [-0.39, 0.29) is 31.0 Å². The van der Waals surface area contributed by atoms with Gasteiger partial charge in [-0.05, 0) is 41.7 Å². The summed E-state index contributed by atoms with van der Waals surface area (Å²) in [4.78, 5) is 13.7. The number of fused-ring (bicyclic) bond motifs is 2. The fourth-order valence-electron chi connectivity index (χ4n) is 5.24. The molecule has 1 saturated heterocycles. The zero-order valence-corrected chi connectivity index (χ0v) is 19.5. The lowest BCUT2D eigenvalue weighted by Crippen LogP contribution is -2.36. The summed E-state index contributed by atoms with van der Waals surface area (Å²) in [6.07, 6.45) is -3.36. The summed E-state index contributed by atoms with van der Waals surface area (Å²) in [6, 6.07) is 8.27. The molecule has 35 heavy (non-hydrogen) atoms. The lowest BCUT2D eigenvalue weighted by atomic mass is 9.96. The number of hydrogen-bond donors (Lipinski definition) is 0. The monoisotopic (exact) mass is 491 g/mol. The molecule has 6 nitrogen and oxygen atoms in total. The Hall–Kier alpha value is -2.78. The fourth-order valence-corrected chi connectivity index (χ4v) is 5.24. The van der Waals surface area contributed by atoms with E-state index in [1.165, 1.54) is 13.2 Å². The number of alkyl halides is 3. The molecule has 2 aromatic rings. The molecule has 1 aliphatic carbocycles. The van der Waals surface area contributed by atoms with Gasteiger partial charge in [0.2, 0.25) is 0 Å². The zero-order chi connectivity index (χ0) is 24.6. The van der Waals surface area contributed by atoms with Crippen LogP contribution in [0.15, 0.2) is 30.3 Å². The van der Waals surface area contributed by atoms with Crippen LogP contribution in [0.4, 0.5) is 13.2 Å². The highest BCUT2D eigenvalue weighted by Crippen LogP contribution is 2.44. The van der Waals surface area contributed by atoms with Crippen molar-refractivity contribution in [2.24, 2.45) is 0 Å². The third kappa shape index (κ3) is 4.97. The van der Waals surface area contributed by atoms with Crippen molar-refractivity contribution in [3.05, 3.63) is 58.1 Å². The van der Waals surface area contributed by atoms with Gasteiger partial charge in [0.1, 0.15) is 17.6 Å². The number of nitrogens with zero attached hydrogens (tertiary/aromatic N) is 1. The Bertz CT molecular complexity index is 1100. The third-order valence-corrected chi connectivity index (χ3v) is 7.05. The second-order valence-corrected chi connectivity index (χ2v) is 9.18. The van der Waals surface area contributed by atoms with Gasteiger partial charge in [-0.3, -0.25) is 9.69 Å². The molecule has 0 saturated carbocycles. The van der Waals surface area contributed by atoms with E-state index in [4.69, 9.17) is 18.9 Å². The SMILES string of the molecule is COC(=O)C[C@H]1COc2cc(OC3CCc4c3ccc(C(F)(F)F)c4CN3CCOCC3)ccc21. The maximum atomic E-state index is 13.9. The van der Waals surface area contributed by atoms with E-state index < -0.39 is 11.7 Å². The Kier molecular flexibility index (Phi) is 6.63. The lowest BCUT2D eigenvalue weighted by Gasteiger charge is -2.29. The van der Waals surface area contributed by atoms with Crippen molar-refractivity contribution in [3.63, 3.8) is 0 Å². The highest BCUT2D eigenvalue weighted by atomic mass is 19.4. The summed E-state index contributed by atoms with van der Waals surface area (Å²) in [7, 11) is 1.36. The van der Waals surface area contributed by atoms with Gasteiger partial charge in [-0.2, -0.15) is 13.2 Å². The van der Waals surface area contributed by atoms with Crippen molar-refractivity contribution >= 4 is 5.97 Å². The van der Waals surface area contributed by atoms with E-state index in [1.54, 1.807) is 12.1 Å². The molecule has 0 radical (unpaired) electrons. The van der Waals surface area contributed by atoms with Gasteiger partial charge in [-0.25, -0.2) is 0 Å². The lowest BCUT2D eigenvalue weighted by molar-refractivity contribution is -0.141. The van der Waals surface area contributed by atoms with E-state index in [0.29, 0.717) is 62.8 Å². The summed E-state index contributed by atoms with van der Waals surface area (Å²) < 4.78 is 63.7. The predicted molar refractivity (Wildman–Crippen MR) is 121 cm³/mol. The molecular formula is C26H28F3NO5. The predicted octanol–water partition coefficient (Wildman–Crippen LogP) is 4.64. The first kappa shape index (κ1) is 23.9. The highest BCUT2D eigenvalue weighted by Gasteiger charge is 2.38. The molecule has 2 atom stereocenters. The van der Waals surface area contributed by atoms with E-state index in [0.717, 1.165) is 16.7 Å². The van der Waals surface area contributed by atoms with E-state index in [9.17, 15) is 18.0 Å². The van der Waals surface area contributed by atoms with Crippen molar-refractivity contribution in [1.29, 1.82) is 0 Å². The number of methoxy groups -OCH3 is 1. The molecule has 1 fully saturated rings. The van der Waals surface area contributed by atoms with Crippen LogP contribution >= 0.6 is 0 Å². The minimum absolute atomic E-state index is 0.0674. The number of halogens is 3. The van der Waals surface area contributed by atoms with Crippen LogP contribution in [-0.4, -0.2) is 50.9 Å². The summed E-state index contributed by atoms with van der Waals surface area (Å²) in [5, 5.41) is 0. The molecule has 5 rings (SSSR count). The van der Waals surface area contributed by atoms with Crippen LogP contribution in [-0.2, 0) is 33.4 Å². The van der Waals surface area contributed by atoms with Gasteiger partial charge >= 0.3 is 12.1 Å². The highest BCUT2D eigenvalue weighted by molar-refractivity contribution is 5.71. The van der Waals surface area contributed by atoms with Gasteiger partial charge < -0.3 is 18.9 Å². The van der Waals surface area contributed by atoms with E-state index >= 15 is 0 Å². The second kappa shape index (κ2) is 9.70.